The summed E-state index contributed by atoms with van der Waals surface area (Å²) in [5.74, 6) is -1.53. The normalized spacial score (nSPS) is 10.4. The molecule has 0 aliphatic rings. The van der Waals surface area contributed by atoms with Crippen LogP contribution >= 0.6 is 0 Å². The molecule has 0 bridgehead atoms. The highest BCUT2D eigenvalue weighted by Gasteiger charge is 2.19. The number of esters is 1. The van der Waals surface area contributed by atoms with Gasteiger partial charge in [-0.05, 0) is 30.7 Å². The lowest BCUT2D eigenvalue weighted by Gasteiger charge is -2.07. The van der Waals surface area contributed by atoms with Gasteiger partial charge in [-0.3, -0.25) is 0 Å². The molecule has 21 heavy (non-hydrogen) atoms. The third-order valence-electron chi connectivity index (χ3n) is 2.99. The van der Waals surface area contributed by atoms with E-state index in [1.807, 2.05) is 6.92 Å². The first-order chi connectivity index (χ1) is 10.1. The Morgan fingerprint density at radius 1 is 1.29 bits per heavy atom. The van der Waals surface area contributed by atoms with E-state index in [0.717, 1.165) is 6.42 Å². The van der Waals surface area contributed by atoms with Crippen LogP contribution in [-0.4, -0.2) is 39.1 Å². The largest absolute Gasteiger partial charge is 0.476 e. The molecule has 110 valence electrons. The number of ether oxygens (including phenoxy) is 1. The van der Waals surface area contributed by atoms with Gasteiger partial charge in [0.05, 0.1) is 24.1 Å². The molecule has 0 radical (unpaired) electrons. The standard InChI is InChI=1S/C14H15N3O4/c1-3-4-11-12(13(18)19)15-16-17(11)10-7-5-9(6-8-10)14(20)21-2/h5-8H,3-4H2,1-2H3,(H,18,19). The molecule has 1 heterocycles. The fourth-order valence-electron chi connectivity index (χ4n) is 1.99. The van der Waals surface area contributed by atoms with Crippen molar-refractivity contribution in [2.24, 2.45) is 0 Å². The van der Waals surface area contributed by atoms with Crippen molar-refractivity contribution in [3.05, 3.63) is 41.2 Å². The number of carboxylic acid groups (broad SMARTS) is 1. The summed E-state index contributed by atoms with van der Waals surface area (Å²) in [6.45, 7) is 1.95. The fraction of sp³-hybridized carbons (Fsp3) is 0.286. The highest BCUT2D eigenvalue weighted by atomic mass is 16.5. The summed E-state index contributed by atoms with van der Waals surface area (Å²) in [7, 11) is 1.31. The van der Waals surface area contributed by atoms with Gasteiger partial charge in [0.1, 0.15) is 0 Å². The Kier molecular flexibility index (Phi) is 4.32. The van der Waals surface area contributed by atoms with Crippen molar-refractivity contribution in [3.8, 4) is 5.69 Å². The predicted molar refractivity (Wildman–Crippen MR) is 73.7 cm³/mol. The molecule has 2 rings (SSSR count). The summed E-state index contributed by atoms with van der Waals surface area (Å²) >= 11 is 0. The maximum absolute atomic E-state index is 11.4. The third kappa shape index (κ3) is 2.91. The number of carboxylic acids is 1. The van der Waals surface area contributed by atoms with E-state index in [1.54, 1.807) is 24.3 Å². The summed E-state index contributed by atoms with van der Waals surface area (Å²) in [5.41, 5.74) is 1.55. The minimum absolute atomic E-state index is 0.0473. The van der Waals surface area contributed by atoms with Gasteiger partial charge >= 0.3 is 11.9 Å². The van der Waals surface area contributed by atoms with Gasteiger partial charge in [-0.1, -0.05) is 18.6 Å². The van der Waals surface area contributed by atoms with E-state index in [-0.39, 0.29) is 5.69 Å². The van der Waals surface area contributed by atoms with Crippen LogP contribution in [0.3, 0.4) is 0 Å². The van der Waals surface area contributed by atoms with Crippen LogP contribution in [0.5, 0.6) is 0 Å². The van der Waals surface area contributed by atoms with E-state index in [0.29, 0.717) is 23.4 Å². The zero-order valence-corrected chi connectivity index (χ0v) is 11.7. The molecule has 0 fully saturated rings. The van der Waals surface area contributed by atoms with E-state index >= 15 is 0 Å². The van der Waals surface area contributed by atoms with E-state index in [1.165, 1.54) is 11.8 Å². The predicted octanol–water partition coefficient (Wildman–Crippen LogP) is 1.70. The van der Waals surface area contributed by atoms with Crippen molar-refractivity contribution in [1.29, 1.82) is 0 Å². The summed E-state index contributed by atoms with van der Waals surface area (Å²) in [4.78, 5) is 22.5. The minimum atomic E-state index is -1.10. The monoisotopic (exact) mass is 289 g/mol. The fourth-order valence-corrected chi connectivity index (χ4v) is 1.99. The second-order valence-electron chi connectivity index (χ2n) is 4.39. The number of carbonyl (C=O) groups is 2. The molecule has 2 aromatic rings. The van der Waals surface area contributed by atoms with Gasteiger partial charge in [0.2, 0.25) is 0 Å². The first-order valence-electron chi connectivity index (χ1n) is 6.45. The van der Waals surface area contributed by atoms with E-state index in [9.17, 15) is 9.59 Å². The van der Waals surface area contributed by atoms with Crippen molar-refractivity contribution in [2.75, 3.05) is 7.11 Å². The molecule has 0 unspecified atom stereocenters. The van der Waals surface area contributed by atoms with Gasteiger partial charge in [-0.2, -0.15) is 0 Å². The lowest BCUT2D eigenvalue weighted by Crippen LogP contribution is -2.07. The van der Waals surface area contributed by atoms with E-state index in [2.05, 4.69) is 15.0 Å². The van der Waals surface area contributed by atoms with Crippen LogP contribution in [0.15, 0.2) is 24.3 Å². The van der Waals surface area contributed by atoms with Gasteiger partial charge in [0.15, 0.2) is 5.69 Å². The molecule has 0 saturated heterocycles. The molecule has 7 heteroatoms. The van der Waals surface area contributed by atoms with Crippen LogP contribution in [0.2, 0.25) is 0 Å². The van der Waals surface area contributed by atoms with Crippen molar-refractivity contribution >= 4 is 11.9 Å². The molecule has 0 atom stereocenters. The molecule has 0 amide bonds. The average Bonchev–Trinajstić information content (AvgIpc) is 2.91. The molecular formula is C14H15N3O4. The smallest absolute Gasteiger partial charge is 0.358 e. The maximum Gasteiger partial charge on any atom is 0.358 e. The van der Waals surface area contributed by atoms with Crippen LogP contribution < -0.4 is 0 Å². The van der Waals surface area contributed by atoms with Gasteiger partial charge in [-0.15, -0.1) is 5.10 Å². The Balaban J connectivity index is 2.42. The Morgan fingerprint density at radius 2 is 1.95 bits per heavy atom. The Bertz CT molecular complexity index is 661. The molecule has 1 N–H and O–H groups in total. The molecule has 0 saturated carbocycles. The topological polar surface area (TPSA) is 94.3 Å². The number of methoxy groups -OCH3 is 1. The van der Waals surface area contributed by atoms with Gasteiger partial charge in [0.25, 0.3) is 0 Å². The average molecular weight is 289 g/mol. The molecule has 0 aliphatic carbocycles. The first-order valence-corrected chi connectivity index (χ1v) is 6.45. The van der Waals surface area contributed by atoms with Gasteiger partial charge in [-0.25, -0.2) is 14.3 Å². The van der Waals surface area contributed by atoms with Crippen LogP contribution in [0, 0.1) is 0 Å². The first kappa shape index (κ1) is 14.7. The minimum Gasteiger partial charge on any atom is -0.476 e. The van der Waals surface area contributed by atoms with Crippen LogP contribution in [0.1, 0.15) is 39.9 Å². The van der Waals surface area contributed by atoms with Crippen LogP contribution in [-0.2, 0) is 11.2 Å². The van der Waals surface area contributed by atoms with E-state index < -0.39 is 11.9 Å². The van der Waals surface area contributed by atoms with Crippen LogP contribution in [0.4, 0.5) is 0 Å². The molecule has 0 aliphatic heterocycles. The summed E-state index contributed by atoms with van der Waals surface area (Å²) in [6, 6.07) is 6.54. The number of benzene rings is 1. The molecular weight excluding hydrogens is 274 g/mol. The van der Waals surface area contributed by atoms with Gasteiger partial charge < -0.3 is 9.84 Å². The zero-order valence-electron chi connectivity index (χ0n) is 11.7. The number of nitrogens with zero attached hydrogens (tertiary/aromatic N) is 3. The summed E-state index contributed by atoms with van der Waals surface area (Å²) in [6.07, 6.45) is 1.32. The molecule has 7 nitrogen and oxygen atoms in total. The second-order valence-corrected chi connectivity index (χ2v) is 4.39. The molecule has 1 aromatic carbocycles. The Labute approximate surface area is 121 Å². The quantitative estimate of drug-likeness (QED) is 0.842. The Morgan fingerprint density at radius 3 is 2.48 bits per heavy atom. The van der Waals surface area contributed by atoms with Crippen molar-refractivity contribution in [3.63, 3.8) is 0 Å². The van der Waals surface area contributed by atoms with Crippen molar-refractivity contribution in [1.82, 2.24) is 15.0 Å². The van der Waals surface area contributed by atoms with Crippen molar-refractivity contribution in [2.45, 2.75) is 19.8 Å². The number of carbonyl (C=O) groups excluding carboxylic acids is 1. The van der Waals surface area contributed by atoms with Gasteiger partial charge in [0, 0.05) is 0 Å². The zero-order chi connectivity index (χ0) is 15.4. The Hall–Kier alpha value is -2.70. The summed E-state index contributed by atoms with van der Waals surface area (Å²) < 4.78 is 6.11. The van der Waals surface area contributed by atoms with Crippen LogP contribution in [0.25, 0.3) is 5.69 Å². The molecule has 1 aromatic heterocycles. The number of hydrogen-bond donors (Lipinski definition) is 1. The lowest BCUT2D eigenvalue weighted by atomic mass is 10.1. The third-order valence-corrected chi connectivity index (χ3v) is 2.99. The highest BCUT2D eigenvalue weighted by Crippen LogP contribution is 2.16. The maximum atomic E-state index is 11.4. The number of hydrogen-bond acceptors (Lipinski definition) is 5. The SMILES string of the molecule is CCCc1c(C(=O)O)nnn1-c1ccc(C(=O)OC)cc1. The number of rotatable bonds is 5. The molecule has 0 spiro atoms. The number of aromatic nitrogens is 3. The summed E-state index contributed by atoms with van der Waals surface area (Å²) in [5, 5.41) is 16.7. The second kappa shape index (κ2) is 6.17. The highest BCUT2D eigenvalue weighted by molar-refractivity contribution is 5.89. The number of aromatic carboxylic acids is 1. The lowest BCUT2D eigenvalue weighted by molar-refractivity contribution is 0.0599. The van der Waals surface area contributed by atoms with E-state index in [4.69, 9.17) is 5.11 Å². The van der Waals surface area contributed by atoms with Crippen molar-refractivity contribution < 1.29 is 19.4 Å².